The topological polar surface area (TPSA) is 88.8 Å². The molecule has 1 saturated heterocycles. The first-order valence-electron chi connectivity index (χ1n) is 10.5. The van der Waals surface area contributed by atoms with Crippen LogP contribution in [0.5, 0.6) is 0 Å². The van der Waals surface area contributed by atoms with E-state index in [1.165, 1.54) is 29.8 Å². The van der Waals surface area contributed by atoms with Crippen LogP contribution in [0.15, 0.2) is 81.1 Å². The summed E-state index contributed by atoms with van der Waals surface area (Å²) < 4.78 is 36.3. The van der Waals surface area contributed by atoms with Crippen molar-refractivity contribution in [1.29, 1.82) is 0 Å². The van der Waals surface area contributed by atoms with Gasteiger partial charge < -0.3 is 14.5 Å². The molecule has 1 fully saturated rings. The normalized spacial score (nSPS) is 15.9. The van der Waals surface area contributed by atoms with Gasteiger partial charge in [0.15, 0.2) is 5.76 Å². The second-order valence-electron chi connectivity index (χ2n) is 7.72. The first kappa shape index (κ1) is 22.3. The summed E-state index contributed by atoms with van der Waals surface area (Å²) in [6.45, 7) is 5.24. The number of ether oxygens (including phenoxy) is 1. The van der Waals surface area contributed by atoms with Crippen LogP contribution < -0.4 is 5.32 Å². The van der Waals surface area contributed by atoms with E-state index in [4.69, 9.17) is 9.15 Å². The van der Waals surface area contributed by atoms with Crippen molar-refractivity contribution in [3.05, 3.63) is 83.6 Å². The minimum Gasteiger partial charge on any atom is -0.439 e. The zero-order chi connectivity index (χ0) is 22.6. The monoisotopic (exact) mass is 454 g/mol. The zero-order valence-electron chi connectivity index (χ0n) is 17.9. The molecule has 0 spiro atoms. The van der Waals surface area contributed by atoms with E-state index in [9.17, 15) is 13.2 Å². The number of rotatable bonds is 7. The third kappa shape index (κ3) is 4.93. The third-order valence-corrected chi connectivity index (χ3v) is 7.17. The Labute approximate surface area is 187 Å². The Hall–Kier alpha value is -2.94. The van der Waals surface area contributed by atoms with Gasteiger partial charge in [-0.1, -0.05) is 48.0 Å². The van der Waals surface area contributed by atoms with E-state index in [0.29, 0.717) is 19.8 Å². The highest BCUT2D eigenvalue weighted by molar-refractivity contribution is 7.91. The Kier molecular flexibility index (Phi) is 6.74. The molecule has 3 aromatic rings. The van der Waals surface area contributed by atoms with Gasteiger partial charge in [0.1, 0.15) is 0 Å². The molecule has 1 aliphatic rings. The number of sulfone groups is 1. The lowest BCUT2D eigenvalue weighted by Crippen LogP contribution is -2.43. The Morgan fingerprint density at radius 1 is 1.00 bits per heavy atom. The maximum Gasteiger partial charge on any atom is 0.287 e. The fourth-order valence-corrected chi connectivity index (χ4v) is 4.91. The van der Waals surface area contributed by atoms with Gasteiger partial charge in [0.25, 0.3) is 5.91 Å². The molecule has 7 nitrogen and oxygen atoms in total. The molecule has 0 saturated carbocycles. The number of carbonyl (C=O) groups excluding carboxylic acids is 1. The van der Waals surface area contributed by atoms with Gasteiger partial charge in [-0.3, -0.25) is 9.69 Å². The quantitative estimate of drug-likeness (QED) is 0.590. The molecule has 1 aliphatic heterocycles. The van der Waals surface area contributed by atoms with Crippen molar-refractivity contribution in [3.63, 3.8) is 0 Å². The summed E-state index contributed by atoms with van der Waals surface area (Å²) >= 11 is 0. The van der Waals surface area contributed by atoms with Crippen molar-refractivity contribution in [2.45, 2.75) is 23.0 Å². The zero-order valence-corrected chi connectivity index (χ0v) is 18.7. The van der Waals surface area contributed by atoms with E-state index in [1.807, 2.05) is 6.92 Å². The molecule has 0 aliphatic carbocycles. The van der Waals surface area contributed by atoms with Crippen molar-refractivity contribution < 1.29 is 22.4 Å². The van der Waals surface area contributed by atoms with Crippen molar-refractivity contribution in [2.75, 3.05) is 32.8 Å². The van der Waals surface area contributed by atoms with Gasteiger partial charge in [0, 0.05) is 19.6 Å². The number of hydrogen-bond donors (Lipinski definition) is 1. The van der Waals surface area contributed by atoms with Crippen LogP contribution in [0.3, 0.4) is 0 Å². The van der Waals surface area contributed by atoms with Crippen LogP contribution >= 0.6 is 0 Å². The summed E-state index contributed by atoms with van der Waals surface area (Å²) in [5.74, 6) is -0.492. The van der Waals surface area contributed by atoms with Crippen LogP contribution in [-0.4, -0.2) is 52.1 Å². The highest BCUT2D eigenvalue weighted by atomic mass is 32.2. The van der Waals surface area contributed by atoms with Crippen LogP contribution in [0, 0.1) is 6.92 Å². The van der Waals surface area contributed by atoms with Gasteiger partial charge in [0.05, 0.1) is 24.2 Å². The lowest BCUT2D eigenvalue weighted by atomic mass is 10.0. The second kappa shape index (κ2) is 9.68. The van der Waals surface area contributed by atoms with Gasteiger partial charge in [-0.05, 0) is 36.8 Å². The molecule has 0 radical (unpaired) electrons. The summed E-state index contributed by atoms with van der Waals surface area (Å²) in [4.78, 5) is 15.1. The SMILES string of the molecule is Cc1ccc(C(CNC(=O)c2ccc(S(=O)(=O)c3ccccc3)o2)N2CCOCC2)cc1. The summed E-state index contributed by atoms with van der Waals surface area (Å²) in [5.41, 5.74) is 2.27. The standard InChI is InChI=1S/C24H26N2O5S/c1-18-7-9-19(10-8-18)21(26-13-15-30-16-14-26)17-25-24(27)22-11-12-23(31-22)32(28,29)20-5-3-2-4-6-20/h2-12,21H,13-17H2,1H3,(H,25,27). The molecule has 1 N–H and O–H groups in total. The van der Waals surface area contributed by atoms with E-state index in [0.717, 1.165) is 18.7 Å². The van der Waals surface area contributed by atoms with Crippen LogP contribution in [0.1, 0.15) is 27.7 Å². The first-order valence-corrected chi connectivity index (χ1v) is 12.0. The van der Waals surface area contributed by atoms with E-state index >= 15 is 0 Å². The Morgan fingerprint density at radius 2 is 1.69 bits per heavy atom. The van der Waals surface area contributed by atoms with Gasteiger partial charge >= 0.3 is 0 Å². The minimum atomic E-state index is -3.82. The fraction of sp³-hybridized carbons (Fsp3) is 0.292. The van der Waals surface area contributed by atoms with E-state index in [1.54, 1.807) is 18.2 Å². The maximum absolute atomic E-state index is 12.8. The molecule has 1 aromatic heterocycles. The third-order valence-electron chi connectivity index (χ3n) is 5.53. The average molecular weight is 455 g/mol. The number of amides is 1. The molecular formula is C24H26N2O5S. The highest BCUT2D eigenvalue weighted by Crippen LogP contribution is 2.24. The number of morpholine rings is 1. The Balaban J connectivity index is 1.48. The van der Waals surface area contributed by atoms with Gasteiger partial charge in [-0.2, -0.15) is 0 Å². The number of aryl methyl sites for hydroxylation is 1. The molecule has 1 amide bonds. The van der Waals surface area contributed by atoms with Crippen LogP contribution in [0.25, 0.3) is 0 Å². The van der Waals surface area contributed by atoms with Crippen LogP contribution in [-0.2, 0) is 14.6 Å². The number of nitrogens with zero attached hydrogens (tertiary/aromatic N) is 1. The van der Waals surface area contributed by atoms with Crippen molar-refractivity contribution >= 4 is 15.7 Å². The number of furan rings is 1. The minimum absolute atomic E-state index is 0.0223. The smallest absolute Gasteiger partial charge is 0.287 e. The lowest BCUT2D eigenvalue weighted by molar-refractivity contribution is 0.0161. The molecule has 1 atom stereocenters. The number of carbonyl (C=O) groups is 1. The Bertz CT molecular complexity index is 1150. The molecule has 0 bridgehead atoms. The van der Waals surface area contributed by atoms with Crippen LogP contribution in [0.4, 0.5) is 0 Å². The average Bonchev–Trinajstić information content (AvgIpc) is 3.33. The van der Waals surface area contributed by atoms with Gasteiger partial charge in [-0.25, -0.2) is 8.42 Å². The second-order valence-corrected chi connectivity index (χ2v) is 9.60. The van der Waals surface area contributed by atoms with Crippen molar-refractivity contribution in [1.82, 2.24) is 10.2 Å². The predicted octanol–water partition coefficient (Wildman–Crippen LogP) is 3.22. The van der Waals surface area contributed by atoms with Crippen LogP contribution in [0.2, 0.25) is 0 Å². The molecule has 4 rings (SSSR count). The largest absolute Gasteiger partial charge is 0.439 e. The highest BCUT2D eigenvalue weighted by Gasteiger charge is 2.26. The number of hydrogen-bond acceptors (Lipinski definition) is 6. The molecular weight excluding hydrogens is 428 g/mol. The predicted molar refractivity (Wildman–Crippen MR) is 119 cm³/mol. The van der Waals surface area contributed by atoms with E-state index in [-0.39, 0.29) is 21.8 Å². The molecule has 2 aromatic carbocycles. The fourth-order valence-electron chi connectivity index (χ4n) is 3.71. The molecule has 168 valence electrons. The van der Waals surface area contributed by atoms with E-state index < -0.39 is 15.7 Å². The summed E-state index contributed by atoms with van der Waals surface area (Å²) in [5, 5.41) is 2.65. The van der Waals surface area contributed by atoms with Crippen molar-refractivity contribution in [3.8, 4) is 0 Å². The summed E-state index contributed by atoms with van der Waals surface area (Å²) in [7, 11) is -3.82. The molecule has 1 unspecified atom stereocenters. The maximum atomic E-state index is 12.8. The Morgan fingerprint density at radius 3 is 2.38 bits per heavy atom. The lowest BCUT2D eigenvalue weighted by Gasteiger charge is -2.35. The number of benzene rings is 2. The summed E-state index contributed by atoms with van der Waals surface area (Å²) in [6, 6.07) is 18.9. The molecule has 2 heterocycles. The first-order chi connectivity index (χ1) is 15.4. The van der Waals surface area contributed by atoms with Gasteiger partial charge in [0.2, 0.25) is 14.9 Å². The van der Waals surface area contributed by atoms with E-state index in [2.05, 4.69) is 34.5 Å². The van der Waals surface area contributed by atoms with Crippen molar-refractivity contribution in [2.24, 2.45) is 0 Å². The number of nitrogens with one attached hydrogen (secondary N) is 1. The summed E-state index contributed by atoms with van der Waals surface area (Å²) in [6.07, 6.45) is 0. The van der Waals surface area contributed by atoms with Gasteiger partial charge in [-0.15, -0.1) is 0 Å². The molecule has 8 heteroatoms. The molecule has 32 heavy (non-hydrogen) atoms.